The van der Waals surface area contributed by atoms with E-state index in [1.165, 1.54) is 20.3 Å². The van der Waals surface area contributed by atoms with Crippen LogP contribution < -0.4 is 4.90 Å². The Morgan fingerprint density at radius 3 is 2.36 bits per heavy atom. The fourth-order valence-electron chi connectivity index (χ4n) is 2.50. The number of esters is 2. The molecule has 25 heavy (non-hydrogen) atoms. The zero-order chi connectivity index (χ0) is 18.6. The first-order chi connectivity index (χ1) is 11.9. The Labute approximate surface area is 163 Å². The molecule has 0 aromatic heterocycles. The molecule has 0 saturated heterocycles. The summed E-state index contributed by atoms with van der Waals surface area (Å²) >= 11 is 7.03. The van der Waals surface area contributed by atoms with Crippen molar-refractivity contribution in [2.45, 2.75) is 13.3 Å². The minimum Gasteiger partial charge on any atom is -0.465 e. The molecule has 1 aliphatic rings. The van der Waals surface area contributed by atoms with Crippen molar-refractivity contribution in [3.63, 3.8) is 0 Å². The zero-order valence-electron chi connectivity index (χ0n) is 14.0. The molecule has 0 fully saturated rings. The minimum absolute atomic E-state index is 0.0945. The average molecular weight is 471 g/mol. The van der Waals surface area contributed by atoms with Gasteiger partial charge in [0.25, 0.3) is 0 Å². The summed E-state index contributed by atoms with van der Waals surface area (Å²) in [6.07, 6.45) is 7.40. The van der Waals surface area contributed by atoms with Crippen LogP contribution in [0.3, 0.4) is 0 Å². The van der Waals surface area contributed by atoms with Crippen LogP contribution in [0.25, 0.3) is 0 Å². The second kappa shape index (κ2) is 8.49. The summed E-state index contributed by atoms with van der Waals surface area (Å²) in [6.45, 7) is 2.01. The van der Waals surface area contributed by atoms with Crippen LogP contribution in [0.5, 0.6) is 0 Å². The molecule has 5 nitrogen and oxygen atoms in total. The van der Waals surface area contributed by atoms with Gasteiger partial charge < -0.3 is 14.4 Å². The normalized spacial score (nSPS) is 13.7. The molecule has 0 amide bonds. The van der Waals surface area contributed by atoms with Gasteiger partial charge in [0.2, 0.25) is 0 Å². The molecule has 1 aliphatic heterocycles. The molecule has 1 heterocycles. The third kappa shape index (κ3) is 4.04. The van der Waals surface area contributed by atoms with Crippen LogP contribution in [-0.2, 0) is 25.5 Å². The quantitative estimate of drug-likeness (QED) is 0.615. The number of rotatable bonds is 4. The Kier molecular flexibility index (Phi) is 6.61. The van der Waals surface area contributed by atoms with Crippen LogP contribution in [0.15, 0.2) is 56.8 Å². The predicted molar refractivity (Wildman–Crippen MR) is 103 cm³/mol. The van der Waals surface area contributed by atoms with Crippen molar-refractivity contribution in [2.24, 2.45) is 0 Å². The molecule has 0 unspecified atom stereocenters. The van der Waals surface area contributed by atoms with Gasteiger partial charge in [-0.25, -0.2) is 9.59 Å². The lowest BCUT2D eigenvalue weighted by Gasteiger charge is -2.26. The summed E-state index contributed by atoms with van der Waals surface area (Å²) in [4.78, 5) is 26.3. The van der Waals surface area contributed by atoms with Crippen molar-refractivity contribution >= 4 is 49.5 Å². The molecule has 0 spiro atoms. The van der Waals surface area contributed by atoms with Crippen LogP contribution >= 0.6 is 31.9 Å². The topological polar surface area (TPSA) is 55.8 Å². The number of halogens is 2. The van der Waals surface area contributed by atoms with E-state index >= 15 is 0 Å². The number of carbonyl (C=O) groups is 2. The first kappa shape index (κ1) is 19.5. The first-order valence-electron chi connectivity index (χ1n) is 7.47. The summed E-state index contributed by atoms with van der Waals surface area (Å²) in [5.41, 5.74) is 1.96. The maximum absolute atomic E-state index is 12.5. The van der Waals surface area contributed by atoms with Gasteiger partial charge in [-0.15, -0.1) is 0 Å². The molecule has 1 aromatic rings. The van der Waals surface area contributed by atoms with Crippen molar-refractivity contribution in [3.05, 3.63) is 62.3 Å². The maximum Gasteiger partial charge on any atom is 0.355 e. The van der Waals surface area contributed by atoms with Gasteiger partial charge >= 0.3 is 11.9 Å². The second-order valence-corrected chi connectivity index (χ2v) is 6.83. The predicted octanol–water partition coefficient (Wildman–Crippen LogP) is 4.26. The highest BCUT2D eigenvalue weighted by Crippen LogP contribution is 2.38. The molecule has 0 radical (unpaired) electrons. The number of ether oxygens (including phenoxy) is 2. The van der Waals surface area contributed by atoms with Gasteiger partial charge in [0, 0.05) is 15.1 Å². The molecule has 0 aliphatic carbocycles. The fourth-order valence-corrected chi connectivity index (χ4v) is 4.00. The molecule has 132 valence electrons. The monoisotopic (exact) mass is 469 g/mol. The lowest BCUT2D eigenvalue weighted by Crippen LogP contribution is -2.28. The van der Waals surface area contributed by atoms with Crippen LogP contribution in [0.1, 0.15) is 12.5 Å². The van der Waals surface area contributed by atoms with E-state index in [4.69, 9.17) is 9.47 Å². The standard InChI is InChI=1S/C18H17Br2NO4/c1-4-11-9-12(19)10-14(20)15(11)21-8-6-5-7-13(17(22)24-2)16(21)18(23)25-3/h5-10H,4H2,1-3H3. The minimum atomic E-state index is -0.631. The van der Waals surface area contributed by atoms with E-state index < -0.39 is 11.9 Å². The first-order valence-corrected chi connectivity index (χ1v) is 9.06. The van der Waals surface area contributed by atoms with Crippen molar-refractivity contribution in [1.82, 2.24) is 0 Å². The van der Waals surface area contributed by atoms with Gasteiger partial charge in [0.15, 0.2) is 0 Å². The number of carbonyl (C=O) groups excluding carboxylic acids is 2. The lowest BCUT2D eigenvalue weighted by atomic mass is 10.1. The number of allylic oxidation sites excluding steroid dienone is 2. The van der Waals surface area contributed by atoms with Gasteiger partial charge in [-0.2, -0.15) is 0 Å². The van der Waals surface area contributed by atoms with E-state index in [2.05, 4.69) is 31.9 Å². The number of hydrogen-bond acceptors (Lipinski definition) is 5. The van der Waals surface area contributed by atoms with E-state index in [-0.39, 0.29) is 11.3 Å². The second-order valence-electron chi connectivity index (χ2n) is 5.06. The Hall–Kier alpha value is -1.86. The number of anilines is 1. The molecule has 0 N–H and O–H groups in total. The van der Waals surface area contributed by atoms with Crippen LogP contribution in [0.2, 0.25) is 0 Å². The Morgan fingerprint density at radius 1 is 1.08 bits per heavy atom. The van der Waals surface area contributed by atoms with E-state index in [9.17, 15) is 9.59 Å². The van der Waals surface area contributed by atoms with Crippen molar-refractivity contribution in [1.29, 1.82) is 0 Å². The molecule has 0 atom stereocenters. The Bertz CT molecular complexity index is 797. The maximum atomic E-state index is 12.5. The Morgan fingerprint density at radius 2 is 1.76 bits per heavy atom. The number of benzene rings is 1. The molecular formula is C18H17Br2NO4. The molecular weight excluding hydrogens is 454 g/mol. The zero-order valence-corrected chi connectivity index (χ0v) is 17.2. The highest BCUT2D eigenvalue weighted by Gasteiger charge is 2.29. The Balaban J connectivity index is 2.78. The van der Waals surface area contributed by atoms with Crippen LogP contribution in [0.4, 0.5) is 5.69 Å². The van der Waals surface area contributed by atoms with Crippen molar-refractivity contribution in [2.75, 3.05) is 19.1 Å². The number of methoxy groups -OCH3 is 2. The molecule has 7 heteroatoms. The summed E-state index contributed by atoms with van der Waals surface area (Å²) in [5, 5.41) is 0. The van der Waals surface area contributed by atoms with Gasteiger partial charge in [0.05, 0.1) is 25.5 Å². The van der Waals surface area contributed by atoms with Crippen molar-refractivity contribution < 1.29 is 19.1 Å². The third-order valence-electron chi connectivity index (χ3n) is 3.62. The van der Waals surface area contributed by atoms with Crippen LogP contribution in [0, 0.1) is 0 Å². The lowest BCUT2D eigenvalue weighted by molar-refractivity contribution is -0.139. The van der Waals surface area contributed by atoms with Gasteiger partial charge in [-0.3, -0.25) is 0 Å². The molecule has 1 aromatic carbocycles. The van der Waals surface area contributed by atoms with Gasteiger partial charge in [-0.1, -0.05) is 28.9 Å². The van der Waals surface area contributed by atoms with E-state index in [0.29, 0.717) is 0 Å². The summed E-state index contributed by atoms with van der Waals surface area (Å²) in [6, 6.07) is 3.85. The highest BCUT2D eigenvalue weighted by molar-refractivity contribution is 9.11. The fraction of sp³-hybridized carbons (Fsp3) is 0.222. The number of nitrogens with zero attached hydrogens (tertiary/aromatic N) is 1. The third-order valence-corrected chi connectivity index (χ3v) is 4.68. The average Bonchev–Trinajstić information content (AvgIpc) is 2.82. The molecule has 0 bridgehead atoms. The summed E-state index contributed by atoms with van der Waals surface area (Å²) in [7, 11) is 2.55. The van der Waals surface area contributed by atoms with E-state index in [1.54, 1.807) is 23.3 Å². The number of aryl methyl sites for hydroxylation is 1. The van der Waals surface area contributed by atoms with E-state index in [1.807, 2.05) is 19.1 Å². The largest absolute Gasteiger partial charge is 0.465 e. The summed E-state index contributed by atoms with van der Waals surface area (Å²) < 4.78 is 11.4. The summed E-state index contributed by atoms with van der Waals surface area (Å²) in [5.74, 6) is -1.25. The number of hydrogen-bond donors (Lipinski definition) is 0. The molecule has 0 saturated carbocycles. The molecule has 2 rings (SSSR count). The van der Waals surface area contributed by atoms with Crippen molar-refractivity contribution in [3.8, 4) is 0 Å². The smallest absolute Gasteiger partial charge is 0.355 e. The van der Waals surface area contributed by atoms with E-state index in [0.717, 1.165) is 26.6 Å². The van der Waals surface area contributed by atoms with Crippen LogP contribution in [-0.4, -0.2) is 26.2 Å². The van der Waals surface area contributed by atoms with Gasteiger partial charge in [-0.05, 0) is 52.2 Å². The van der Waals surface area contributed by atoms with Gasteiger partial charge in [0.1, 0.15) is 5.70 Å². The highest BCUT2D eigenvalue weighted by atomic mass is 79.9. The SMILES string of the molecule is CCc1cc(Br)cc(Br)c1N1C=CC=CC(C(=O)OC)=C1C(=O)OC.